The van der Waals surface area contributed by atoms with E-state index in [9.17, 15) is 0 Å². The third kappa shape index (κ3) is 5.62. The van der Waals surface area contributed by atoms with E-state index in [1.165, 1.54) is 0 Å². The van der Waals surface area contributed by atoms with Crippen molar-refractivity contribution in [3.63, 3.8) is 0 Å². The number of hydrogen-bond donors (Lipinski definition) is 1. The Balaban J connectivity index is 4.04. The summed E-state index contributed by atoms with van der Waals surface area (Å²) in [6.45, 7) is 7.38. The summed E-state index contributed by atoms with van der Waals surface area (Å²) < 4.78 is 0. The fourth-order valence-electron chi connectivity index (χ4n) is 0.780. The van der Waals surface area contributed by atoms with E-state index in [0.29, 0.717) is 6.42 Å². The van der Waals surface area contributed by atoms with E-state index in [4.69, 9.17) is 5.11 Å². The predicted octanol–water partition coefficient (Wildman–Crippen LogP) is 2.45. The first kappa shape index (κ1) is 10.2. The van der Waals surface area contributed by atoms with Crippen LogP contribution in [0.2, 0.25) is 0 Å². The maximum Gasteiger partial charge on any atom is 0.0552 e. The lowest BCUT2D eigenvalue weighted by molar-refractivity contribution is 0.196. The smallest absolute Gasteiger partial charge is 0.0552 e. The van der Waals surface area contributed by atoms with Gasteiger partial charge < -0.3 is 5.11 Å². The molecule has 0 aromatic rings. The maximum absolute atomic E-state index is 9.04. The molecular formula is C10H16O. The van der Waals surface area contributed by atoms with Gasteiger partial charge in [0.05, 0.1) is 6.10 Å². The Hall–Kier alpha value is -0.820. The van der Waals surface area contributed by atoms with Crippen molar-refractivity contribution in [1.82, 2.24) is 0 Å². The number of aliphatic hydroxyl groups excluding tert-OH is 1. The quantitative estimate of drug-likeness (QED) is 0.613. The summed E-state index contributed by atoms with van der Waals surface area (Å²) in [5, 5.41) is 9.04. The van der Waals surface area contributed by atoms with Crippen LogP contribution in [0.25, 0.3) is 0 Å². The second kappa shape index (κ2) is 5.93. The van der Waals surface area contributed by atoms with Crippen LogP contribution >= 0.6 is 0 Å². The Morgan fingerprint density at radius 2 is 2.27 bits per heavy atom. The number of allylic oxidation sites excluding steroid dienone is 4. The first-order valence-electron chi connectivity index (χ1n) is 3.83. The fourth-order valence-corrected chi connectivity index (χ4v) is 0.780. The molecule has 0 aromatic carbocycles. The standard InChI is InChI=1S/C10H16O/c1-4-6-7-10(5-2)8-9(3)11/h4-7,9,11H,2,8H2,1,3H3/b6-4-,10-7+. The van der Waals surface area contributed by atoms with E-state index in [1.54, 1.807) is 13.0 Å². The predicted molar refractivity (Wildman–Crippen MR) is 49.4 cm³/mol. The molecule has 0 aliphatic carbocycles. The van der Waals surface area contributed by atoms with Gasteiger partial charge in [0.1, 0.15) is 0 Å². The minimum Gasteiger partial charge on any atom is -0.393 e. The van der Waals surface area contributed by atoms with E-state index in [-0.39, 0.29) is 6.10 Å². The highest BCUT2D eigenvalue weighted by Crippen LogP contribution is 2.06. The Bertz CT molecular complexity index is 164. The molecule has 0 bridgehead atoms. The lowest BCUT2D eigenvalue weighted by Crippen LogP contribution is -1.99. The van der Waals surface area contributed by atoms with Gasteiger partial charge in [-0.2, -0.15) is 0 Å². The molecule has 0 amide bonds. The van der Waals surface area contributed by atoms with Crippen molar-refractivity contribution in [2.45, 2.75) is 26.4 Å². The highest BCUT2D eigenvalue weighted by atomic mass is 16.3. The summed E-state index contributed by atoms with van der Waals surface area (Å²) in [5.74, 6) is 0. The average molecular weight is 152 g/mol. The molecule has 0 saturated carbocycles. The summed E-state index contributed by atoms with van der Waals surface area (Å²) >= 11 is 0. The van der Waals surface area contributed by atoms with Crippen molar-refractivity contribution in [3.8, 4) is 0 Å². The Morgan fingerprint density at radius 3 is 2.64 bits per heavy atom. The molecule has 0 aliphatic heterocycles. The lowest BCUT2D eigenvalue weighted by Gasteiger charge is -2.02. The molecule has 62 valence electrons. The Kier molecular flexibility index (Phi) is 5.49. The molecule has 0 radical (unpaired) electrons. The molecule has 0 rings (SSSR count). The van der Waals surface area contributed by atoms with Crippen LogP contribution in [0.1, 0.15) is 20.3 Å². The van der Waals surface area contributed by atoms with Crippen LogP contribution in [-0.2, 0) is 0 Å². The number of hydrogen-bond acceptors (Lipinski definition) is 1. The van der Waals surface area contributed by atoms with Crippen LogP contribution < -0.4 is 0 Å². The molecule has 1 unspecified atom stereocenters. The second-order valence-corrected chi connectivity index (χ2v) is 2.52. The lowest BCUT2D eigenvalue weighted by atomic mass is 10.1. The highest BCUT2D eigenvalue weighted by molar-refractivity contribution is 5.22. The zero-order valence-corrected chi connectivity index (χ0v) is 7.25. The topological polar surface area (TPSA) is 20.2 Å². The molecule has 0 aromatic heterocycles. The van der Waals surface area contributed by atoms with E-state index in [2.05, 4.69) is 6.58 Å². The molecule has 0 saturated heterocycles. The molecule has 0 aliphatic rings. The van der Waals surface area contributed by atoms with Crippen LogP contribution in [0.4, 0.5) is 0 Å². The van der Waals surface area contributed by atoms with E-state index in [1.807, 2.05) is 25.2 Å². The summed E-state index contributed by atoms with van der Waals surface area (Å²) in [5.41, 5.74) is 1.07. The molecule has 0 heterocycles. The normalized spacial score (nSPS) is 15.4. The SMILES string of the molecule is C=C/C(=C\C=C/C)CC(C)O. The zero-order valence-electron chi connectivity index (χ0n) is 7.25. The van der Waals surface area contributed by atoms with Gasteiger partial charge in [0.2, 0.25) is 0 Å². The average Bonchev–Trinajstić information content (AvgIpc) is 1.97. The molecule has 0 spiro atoms. The van der Waals surface area contributed by atoms with E-state index < -0.39 is 0 Å². The van der Waals surface area contributed by atoms with Crippen molar-refractivity contribution in [2.75, 3.05) is 0 Å². The molecular weight excluding hydrogens is 136 g/mol. The Labute approximate surface area is 68.7 Å². The van der Waals surface area contributed by atoms with Gasteiger partial charge in [0, 0.05) is 0 Å². The van der Waals surface area contributed by atoms with Gasteiger partial charge in [-0.15, -0.1) is 0 Å². The molecule has 1 nitrogen and oxygen atoms in total. The summed E-state index contributed by atoms with van der Waals surface area (Å²) in [4.78, 5) is 0. The summed E-state index contributed by atoms with van der Waals surface area (Å²) in [6, 6.07) is 0. The summed E-state index contributed by atoms with van der Waals surface area (Å²) in [6.07, 6.45) is 8.01. The number of rotatable bonds is 4. The molecule has 1 atom stereocenters. The maximum atomic E-state index is 9.04. The van der Waals surface area contributed by atoms with Gasteiger partial charge in [-0.1, -0.05) is 30.9 Å². The van der Waals surface area contributed by atoms with E-state index >= 15 is 0 Å². The first-order chi connectivity index (χ1) is 5.20. The van der Waals surface area contributed by atoms with Gasteiger partial charge in [-0.3, -0.25) is 0 Å². The Morgan fingerprint density at radius 1 is 1.64 bits per heavy atom. The fraction of sp³-hybridized carbons (Fsp3) is 0.400. The largest absolute Gasteiger partial charge is 0.393 e. The van der Waals surface area contributed by atoms with Crippen LogP contribution in [0, 0.1) is 0 Å². The highest BCUT2D eigenvalue weighted by Gasteiger charge is 1.96. The monoisotopic (exact) mass is 152 g/mol. The molecule has 1 N–H and O–H groups in total. The summed E-state index contributed by atoms with van der Waals surface area (Å²) in [7, 11) is 0. The zero-order chi connectivity index (χ0) is 8.69. The van der Waals surface area contributed by atoms with Crippen LogP contribution in [0.3, 0.4) is 0 Å². The van der Waals surface area contributed by atoms with Crippen LogP contribution in [0.15, 0.2) is 36.5 Å². The van der Waals surface area contributed by atoms with Crippen molar-refractivity contribution >= 4 is 0 Å². The van der Waals surface area contributed by atoms with Gasteiger partial charge >= 0.3 is 0 Å². The third-order valence-corrected chi connectivity index (χ3v) is 1.30. The first-order valence-corrected chi connectivity index (χ1v) is 3.83. The number of aliphatic hydroxyl groups is 1. The molecule has 11 heavy (non-hydrogen) atoms. The van der Waals surface area contributed by atoms with Gasteiger partial charge in [-0.05, 0) is 25.8 Å². The van der Waals surface area contributed by atoms with Crippen molar-refractivity contribution in [1.29, 1.82) is 0 Å². The van der Waals surface area contributed by atoms with E-state index in [0.717, 1.165) is 5.57 Å². The molecule has 0 fully saturated rings. The van der Waals surface area contributed by atoms with Crippen molar-refractivity contribution in [2.24, 2.45) is 0 Å². The van der Waals surface area contributed by atoms with Crippen molar-refractivity contribution in [3.05, 3.63) is 36.5 Å². The van der Waals surface area contributed by atoms with Gasteiger partial charge in [0.15, 0.2) is 0 Å². The molecule has 1 heteroatoms. The van der Waals surface area contributed by atoms with Crippen molar-refractivity contribution < 1.29 is 5.11 Å². The minimum absolute atomic E-state index is 0.287. The third-order valence-electron chi connectivity index (χ3n) is 1.30. The van der Waals surface area contributed by atoms with Gasteiger partial charge in [-0.25, -0.2) is 0 Å². The minimum atomic E-state index is -0.287. The van der Waals surface area contributed by atoms with Crippen LogP contribution in [0.5, 0.6) is 0 Å². The van der Waals surface area contributed by atoms with Crippen LogP contribution in [-0.4, -0.2) is 11.2 Å². The van der Waals surface area contributed by atoms with Gasteiger partial charge in [0.25, 0.3) is 0 Å². The second-order valence-electron chi connectivity index (χ2n) is 2.52.